The third kappa shape index (κ3) is 3.34. The number of primary amides is 1. The van der Waals surface area contributed by atoms with E-state index in [1.54, 1.807) is 0 Å². The number of fused-ring (bicyclic) bond motifs is 1. The highest BCUT2D eigenvalue weighted by Crippen LogP contribution is 2.37. The van der Waals surface area contributed by atoms with Crippen LogP contribution in [0.3, 0.4) is 0 Å². The first-order chi connectivity index (χ1) is 13.5. The van der Waals surface area contributed by atoms with E-state index in [4.69, 9.17) is 5.73 Å². The molecule has 0 bridgehead atoms. The number of nitrogens with one attached hydrogen (secondary N) is 1. The van der Waals surface area contributed by atoms with Crippen LogP contribution in [-0.4, -0.2) is 21.6 Å². The summed E-state index contributed by atoms with van der Waals surface area (Å²) in [5, 5.41) is 7.25. The van der Waals surface area contributed by atoms with Crippen LogP contribution in [0.25, 0.3) is 5.69 Å². The molecule has 0 unspecified atom stereocenters. The highest BCUT2D eigenvalue weighted by molar-refractivity contribution is 7.17. The third-order valence-electron chi connectivity index (χ3n) is 4.69. The van der Waals surface area contributed by atoms with E-state index >= 15 is 0 Å². The second kappa shape index (κ2) is 7.40. The minimum Gasteiger partial charge on any atom is -0.365 e. The maximum atomic E-state index is 12.8. The number of para-hydroxylation sites is 1. The molecule has 142 valence electrons. The SMILES string of the molecule is NC(=O)c1c(NC(=O)c2nn(-c3ccccc3)ccc2=O)sc2c1CCCC2. The maximum Gasteiger partial charge on any atom is 0.280 e. The predicted molar refractivity (Wildman–Crippen MR) is 107 cm³/mol. The molecule has 1 aliphatic carbocycles. The first kappa shape index (κ1) is 18.1. The number of thiophene rings is 1. The van der Waals surface area contributed by atoms with E-state index in [2.05, 4.69) is 10.4 Å². The van der Waals surface area contributed by atoms with Crippen molar-refractivity contribution in [1.82, 2.24) is 9.78 Å². The van der Waals surface area contributed by atoms with Crippen LogP contribution in [0.1, 0.15) is 44.1 Å². The summed E-state index contributed by atoms with van der Waals surface area (Å²) in [6, 6.07) is 10.5. The molecular formula is C20H18N4O3S. The van der Waals surface area contributed by atoms with Gasteiger partial charge in [-0.25, -0.2) is 4.68 Å². The molecule has 4 rings (SSSR count). The third-order valence-corrected chi connectivity index (χ3v) is 5.90. The van der Waals surface area contributed by atoms with E-state index in [1.807, 2.05) is 30.3 Å². The van der Waals surface area contributed by atoms with Crippen molar-refractivity contribution in [2.24, 2.45) is 5.73 Å². The molecule has 1 aromatic carbocycles. The smallest absolute Gasteiger partial charge is 0.280 e. The second-order valence-electron chi connectivity index (χ2n) is 6.54. The quantitative estimate of drug-likeness (QED) is 0.709. The van der Waals surface area contributed by atoms with Gasteiger partial charge in [0, 0.05) is 17.1 Å². The molecule has 0 spiro atoms. The maximum absolute atomic E-state index is 12.8. The molecule has 1 aliphatic rings. The molecule has 2 amide bonds. The number of nitrogens with two attached hydrogens (primary N) is 1. The van der Waals surface area contributed by atoms with E-state index in [1.165, 1.54) is 28.3 Å². The summed E-state index contributed by atoms with van der Waals surface area (Å²) in [5.74, 6) is -1.23. The van der Waals surface area contributed by atoms with Gasteiger partial charge in [-0.1, -0.05) is 18.2 Å². The van der Waals surface area contributed by atoms with Crippen molar-refractivity contribution in [2.75, 3.05) is 5.32 Å². The largest absolute Gasteiger partial charge is 0.365 e. The van der Waals surface area contributed by atoms with Crippen LogP contribution >= 0.6 is 11.3 Å². The second-order valence-corrected chi connectivity index (χ2v) is 7.65. The van der Waals surface area contributed by atoms with Crippen LogP contribution in [0, 0.1) is 0 Å². The minimum atomic E-state index is -0.656. The Labute approximate surface area is 164 Å². The molecule has 3 N–H and O–H groups in total. The van der Waals surface area contributed by atoms with E-state index in [0.717, 1.165) is 41.8 Å². The Morgan fingerprint density at radius 3 is 2.61 bits per heavy atom. The number of hydrogen-bond donors (Lipinski definition) is 2. The number of carbonyl (C=O) groups excluding carboxylic acids is 2. The number of aryl methyl sites for hydroxylation is 1. The summed E-state index contributed by atoms with van der Waals surface area (Å²) in [6.45, 7) is 0. The Morgan fingerprint density at radius 1 is 1.11 bits per heavy atom. The molecule has 0 atom stereocenters. The summed E-state index contributed by atoms with van der Waals surface area (Å²) >= 11 is 1.35. The van der Waals surface area contributed by atoms with Crippen LogP contribution in [-0.2, 0) is 12.8 Å². The minimum absolute atomic E-state index is 0.242. The van der Waals surface area contributed by atoms with Crippen LogP contribution in [0.4, 0.5) is 5.00 Å². The Bertz CT molecular complexity index is 1120. The standard InChI is InChI=1S/C20H18N4O3S/c21-18(26)16-13-8-4-5-9-15(13)28-20(16)22-19(27)17-14(25)10-11-24(23-17)12-6-2-1-3-7-12/h1-3,6-7,10-11H,4-5,8-9H2,(H2,21,26)(H,22,27). The van der Waals surface area contributed by atoms with Crippen molar-refractivity contribution < 1.29 is 9.59 Å². The lowest BCUT2D eigenvalue weighted by atomic mass is 9.95. The van der Waals surface area contributed by atoms with Crippen molar-refractivity contribution >= 4 is 28.2 Å². The zero-order valence-corrected chi connectivity index (χ0v) is 15.8. The normalized spacial score (nSPS) is 13.0. The number of anilines is 1. The fourth-order valence-electron chi connectivity index (χ4n) is 3.37. The molecule has 7 nitrogen and oxygen atoms in total. The molecule has 28 heavy (non-hydrogen) atoms. The van der Waals surface area contributed by atoms with Gasteiger partial charge in [0.1, 0.15) is 5.00 Å². The summed E-state index contributed by atoms with van der Waals surface area (Å²) in [4.78, 5) is 38.0. The monoisotopic (exact) mass is 394 g/mol. The molecule has 3 aromatic rings. The van der Waals surface area contributed by atoms with Gasteiger partial charge >= 0.3 is 0 Å². The number of aromatic nitrogens is 2. The number of nitrogens with zero attached hydrogens (tertiary/aromatic N) is 2. The van der Waals surface area contributed by atoms with Crippen LogP contribution in [0.2, 0.25) is 0 Å². The molecular weight excluding hydrogens is 376 g/mol. The van der Waals surface area contributed by atoms with E-state index in [-0.39, 0.29) is 5.69 Å². The van der Waals surface area contributed by atoms with Crippen molar-refractivity contribution in [3.05, 3.63) is 74.5 Å². The van der Waals surface area contributed by atoms with Crippen LogP contribution in [0.5, 0.6) is 0 Å². The summed E-state index contributed by atoms with van der Waals surface area (Å²) in [6.07, 6.45) is 5.17. The van der Waals surface area contributed by atoms with Gasteiger partial charge in [0.15, 0.2) is 5.69 Å². The lowest BCUT2D eigenvalue weighted by Gasteiger charge is -2.11. The van der Waals surface area contributed by atoms with Gasteiger partial charge in [-0.3, -0.25) is 14.4 Å². The summed E-state index contributed by atoms with van der Waals surface area (Å²) in [5.41, 5.74) is 6.82. The number of carbonyl (C=O) groups is 2. The number of hydrogen-bond acceptors (Lipinski definition) is 5. The Hall–Kier alpha value is -3.26. The average molecular weight is 394 g/mol. The first-order valence-electron chi connectivity index (χ1n) is 8.95. The number of amides is 2. The van der Waals surface area contributed by atoms with Gasteiger partial charge in [-0.15, -0.1) is 11.3 Å². The molecule has 0 saturated heterocycles. The van der Waals surface area contributed by atoms with Gasteiger partial charge in [0.2, 0.25) is 5.43 Å². The number of rotatable bonds is 4. The van der Waals surface area contributed by atoms with Crippen molar-refractivity contribution in [2.45, 2.75) is 25.7 Å². The first-order valence-corrected chi connectivity index (χ1v) is 9.77. The lowest BCUT2D eigenvalue weighted by Crippen LogP contribution is -2.26. The van der Waals surface area contributed by atoms with Gasteiger partial charge in [-0.05, 0) is 43.4 Å². The fourth-order valence-corrected chi connectivity index (χ4v) is 4.66. The van der Waals surface area contributed by atoms with Crippen molar-refractivity contribution in [3.63, 3.8) is 0 Å². The summed E-state index contributed by atoms with van der Waals surface area (Å²) < 4.78 is 1.46. The van der Waals surface area contributed by atoms with Gasteiger partial charge < -0.3 is 11.1 Å². The molecule has 0 radical (unpaired) electrons. The zero-order valence-electron chi connectivity index (χ0n) is 15.0. The highest BCUT2D eigenvalue weighted by atomic mass is 32.1. The topological polar surface area (TPSA) is 107 Å². The Balaban J connectivity index is 1.69. The number of benzene rings is 1. The van der Waals surface area contributed by atoms with Gasteiger partial charge in [-0.2, -0.15) is 5.10 Å². The van der Waals surface area contributed by atoms with Crippen molar-refractivity contribution in [3.8, 4) is 5.69 Å². The Morgan fingerprint density at radius 2 is 1.86 bits per heavy atom. The lowest BCUT2D eigenvalue weighted by molar-refractivity contribution is 0.100. The van der Waals surface area contributed by atoms with Gasteiger partial charge in [0.25, 0.3) is 11.8 Å². The van der Waals surface area contributed by atoms with E-state index < -0.39 is 17.2 Å². The fraction of sp³-hybridized carbons (Fsp3) is 0.200. The average Bonchev–Trinajstić information content (AvgIpc) is 3.07. The van der Waals surface area contributed by atoms with Gasteiger partial charge in [0.05, 0.1) is 11.3 Å². The molecule has 2 aromatic heterocycles. The highest BCUT2D eigenvalue weighted by Gasteiger charge is 2.26. The molecule has 0 aliphatic heterocycles. The van der Waals surface area contributed by atoms with Crippen LogP contribution in [0.15, 0.2) is 47.4 Å². The molecule has 2 heterocycles. The molecule has 8 heteroatoms. The molecule has 0 saturated carbocycles. The zero-order chi connectivity index (χ0) is 19.7. The van der Waals surface area contributed by atoms with E-state index in [0.29, 0.717) is 10.6 Å². The Kier molecular flexibility index (Phi) is 4.79. The predicted octanol–water partition coefficient (Wildman–Crippen LogP) is 2.52. The summed E-state index contributed by atoms with van der Waals surface area (Å²) in [7, 11) is 0. The molecule has 0 fully saturated rings. The van der Waals surface area contributed by atoms with Crippen molar-refractivity contribution in [1.29, 1.82) is 0 Å². The van der Waals surface area contributed by atoms with E-state index in [9.17, 15) is 14.4 Å². The van der Waals surface area contributed by atoms with Crippen LogP contribution < -0.4 is 16.5 Å².